The van der Waals surface area contributed by atoms with Crippen LogP contribution in [0.25, 0.3) is 11.0 Å². The summed E-state index contributed by atoms with van der Waals surface area (Å²) in [6.45, 7) is 0.397. The second-order valence-electron chi connectivity index (χ2n) is 8.50. The molecule has 4 rings (SSSR count). The number of aromatic amines is 1. The van der Waals surface area contributed by atoms with Crippen LogP contribution in [0.4, 0.5) is 5.82 Å². The Morgan fingerprint density at radius 1 is 1.19 bits per heavy atom. The van der Waals surface area contributed by atoms with Crippen molar-refractivity contribution in [2.24, 2.45) is 5.92 Å². The minimum atomic E-state index is -3.30. The van der Waals surface area contributed by atoms with E-state index in [0.29, 0.717) is 19.0 Å². The van der Waals surface area contributed by atoms with Crippen LogP contribution < -0.4 is 14.4 Å². The Morgan fingerprint density at radius 3 is 2.78 bits per heavy atom. The lowest BCUT2D eigenvalue weighted by Gasteiger charge is -2.35. The second-order valence-corrected chi connectivity index (χ2v) is 10.4. The molecule has 1 saturated carbocycles. The molecule has 32 heavy (non-hydrogen) atoms. The molecule has 0 spiro atoms. The van der Waals surface area contributed by atoms with E-state index in [2.05, 4.69) is 31.6 Å². The third kappa shape index (κ3) is 5.39. The molecule has 0 saturated heterocycles. The number of fused-ring (bicyclic) bond motifs is 1. The van der Waals surface area contributed by atoms with E-state index in [0.717, 1.165) is 53.8 Å². The highest BCUT2D eigenvalue weighted by Crippen LogP contribution is 2.32. The Labute approximate surface area is 189 Å². The number of methoxy groups -OCH3 is 1. The van der Waals surface area contributed by atoms with Gasteiger partial charge in [0.2, 0.25) is 10.0 Å². The minimum Gasteiger partial charge on any atom is -0.497 e. The summed E-state index contributed by atoms with van der Waals surface area (Å²) < 4.78 is 33.2. The maximum atomic E-state index is 12.6. The molecule has 9 heteroatoms. The van der Waals surface area contributed by atoms with Gasteiger partial charge in [0, 0.05) is 25.8 Å². The van der Waals surface area contributed by atoms with E-state index in [-0.39, 0.29) is 11.7 Å². The molecule has 1 aliphatic carbocycles. The number of H-pyrrole nitrogens is 1. The van der Waals surface area contributed by atoms with E-state index >= 15 is 0 Å². The Bertz CT molecular complexity index is 1140. The molecule has 0 aliphatic heterocycles. The first-order valence-corrected chi connectivity index (χ1v) is 12.7. The van der Waals surface area contributed by atoms with Gasteiger partial charge in [-0.15, -0.1) is 0 Å². The van der Waals surface area contributed by atoms with Crippen LogP contribution >= 0.6 is 0 Å². The monoisotopic (exact) mass is 457 g/mol. The molecule has 8 nitrogen and oxygen atoms in total. The van der Waals surface area contributed by atoms with Crippen molar-refractivity contribution in [2.75, 3.05) is 31.4 Å². The van der Waals surface area contributed by atoms with Crippen LogP contribution in [0.1, 0.15) is 31.2 Å². The number of rotatable bonds is 9. The Hall–Kier alpha value is -2.65. The molecule has 0 unspecified atom stereocenters. The zero-order valence-corrected chi connectivity index (χ0v) is 19.4. The molecule has 3 aromatic rings. The third-order valence-corrected chi connectivity index (χ3v) is 7.91. The molecular formula is C23H31N5O3S. The molecule has 1 aromatic carbocycles. The molecule has 1 fully saturated rings. The lowest BCUT2D eigenvalue weighted by atomic mass is 9.86. The molecule has 2 N–H and O–H groups in total. The number of anilines is 1. The first kappa shape index (κ1) is 22.5. The molecule has 1 aliphatic rings. The molecule has 2 aromatic heterocycles. The molecule has 0 amide bonds. The number of ether oxygens (including phenoxy) is 1. The zero-order chi connectivity index (χ0) is 22.6. The summed E-state index contributed by atoms with van der Waals surface area (Å²) in [6, 6.07) is 10.1. The predicted molar refractivity (Wildman–Crippen MR) is 127 cm³/mol. The fourth-order valence-electron chi connectivity index (χ4n) is 4.56. The Balaban J connectivity index is 1.26. The quantitative estimate of drug-likeness (QED) is 0.512. The van der Waals surface area contributed by atoms with Crippen molar-refractivity contribution in [3.05, 3.63) is 48.4 Å². The van der Waals surface area contributed by atoms with Gasteiger partial charge in [0.15, 0.2) is 0 Å². The van der Waals surface area contributed by atoms with Crippen molar-refractivity contribution in [1.82, 2.24) is 19.7 Å². The molecule has 0 radical (unpaired) electrons. The maximum Gasteiger partial charge on any atom is 0.211 e. The van der Waals surface area contributed by atoms with E-state index < -0.39 is 10.0 Å². The van der Waals surface area contributed by atoms with E-state index in [4.69, 9.17) is 4.74 Å². The van der Waals surface area contributed by atoms with Crippen molar-refractivity contribution in [3.8, 4) is 5.75 Å². The van der Waals surface area contributed by atoms with Crippen LogP contribution in [-0.2, 0) is 16.4 Å². The SMILES string of the molecule is COc1cccc(CCNS(=O)(=O)CC2CCC(N(C)c3ncnc4[nH]ccc34)CC2)c1. The van der Waals surface area contributed by atoms with Crippen LogP contribution in [0.2, 0.25) is 0 Å². The average molecular weight is 458 g/mol. The average Bonchev–Trinajstić information content (AvgIpc) is 3.28. The number of aromatic nitrogens is 3. The highest BCUT2D eigenvalue weighted by atomic mass is 32.2. The normalized spacial score (nSPS) is 19.2. The topological polar surface area (TPSA) is 100 Å². The van der Waals surface area contributed by atoms with Crippen molar-refractivity contribution in [3.63, 3.8) is 0 Å². The summed E-state index contributed by atoms with van der Waals surface area (Å²) in [4.78, 5) is 14.1. The van der Waals surface area contributed by atoms with Crippen molar-refractivity contribution < 1.29 is 13.2 Å². The Morgan fingerprint density at radius 2 is 2.00 bits per heavy atom. The van der Waals surface area contributed by atoms with Crippen molar-refractivity contribution in [2.45, 2.75) is 38.1 Å². The third-order valence-electron chi connectivity index (χ3n) is 6.36. The number of hydrogen-bond acceptors (Lipinski definition) is 6. The maximum absolute atomic E-state index is 12.6. The van der Waals surface area contributed by atoms with Gasteiger partial charge in [-0.3, -0.25) is 0 Å². The van der Waals surface area contributed by atoms with Crippen LogP contribution in [0.3, 0.4) is 0 Å². The standard InChI is InChI=1S/C23H31N5O3S/c1-28(23-21-11-12-24-22(21)25-16-26-23)19-8-6-18(7-9-19)15-32(29,30)27-13-10-17-4-3-5-20(14-17)31-2/h3-5,11-12,14,16,18-19,27H,6-10,13,15H2,1-2H3,(H,24,25,26). The number of benzene rings is 1. The summed E-state index contributed by atoms with van der Waals surface area (Å²) in [7, 11) is 0.396. The van der Waals surface area contributed by atoms with Gasteiger partial charge >= 0.3 is 0 Å². The van der Waals surface area contributed by atoms with Gasteiger partial charge in [0.05, 0.1) is 18.2 Å². The molecule has 0 bridgehead atoms. The first-order valence-electron chi connectivity index (χ1n) is 11.1. The number of nitrogens with one attached hydrogen (secondary N) is 2. The van der Waals surface area contributed by atoms with Gasteiger partial charge in [0.1, 0.15) is 23.5 Å². The first-order chi connectivity index (χ1) is 15.4. The second kappa shape index (κ2) is 9.87. The van der Waals surface area contributed by atoms with Gasteiger partial charge in [-0.1, -0.05) is 12.1 Å². The fraction of sp³-hybridized carbons (Fsp3) is 0.478. The smallest absolute Gasteiger partial charge is 0.211 e. The highest BCUT2D eigenvalue weighted by molar-refractivity contribution is 7.89. The summed E-state index contributed by atoms with van der Waals surface area (Å²) in [5, 5.41) is 1.01. The van der Waals surface area contributed by atoms with Crippen LogP contribution in [0.5, 0.6) is 5.75 Å². The fourth-order valence-corrected chi connectivity index (χ4v) is 6.04. The Kier molecular flexibility index (Phi) is 6.95. The molecule has 2 heterocycles. The van der Waals surface area contributed by atoms with Crippen molar-refractivity contribution in [1.29, 1.82) is 0 Å². The lowest BCUT2D eigenvalue weighted by molar-refractivity contribution is 0.340. The van der Waals surface area contributed by atoms with E-state index in [1.54, 1.807) is 13.4 Å². The number of sulfonamides is 1. The van der Waals surface area contributed by atoms with Crippen LogP contribution in [0.15, 0.2) is 42.9 Å². The number of nitrogens with zero attached hydrogens (tertiary/aromatic N) is 3. The van der Waals surface area contributed by atoms with Gasteiger partial charge in [-0.25, -0.2) is 23.1 Å². The van der Waals surface area contributed by atoms with E-state index in [1.807, 2.05) is 36.5 Å². The van der Waals surface area contributed by atoms with Gasteiger partial charge in [-0.2, -0.15) is 0 Å². The zero-order valence-electron chi connectivity index (χ0n) is 18.6. The number of hydrogen-bond donors (Lipinski definition) is 2. The largest absolute Gasteiger partial charge is 0.497 e. The van der Waals surface area contributed by atoms with E-state index in [1.165, 1.54) is 0 Å². The summed E-state index contributed by atoms with van der Waals surface area (Å²) in [5.74, 6) is 2.08. The van der Waals surface area contributed by atoms with E-state index in [9.17, 15) is 8.42 Å². The predicted octanol–water partition coefficient (Wildman–Crippen LogP) is 3.12. The van der Waals surface area contributed by atoms with Crippen LogP contribution in [0, 0.1) is 5.92 Å². The summed E-state index contributed by atoms with van der Waals surface area (Å²) in [6.07, 6.45) is 7.80. The molecule has 0 atom stereocenters. The van der Waals surface area contributed by atoms with Gasteiger partial charge < -0.3 is 14.6 Å². The lowest BCUT2D eigenvalue weighted by Crippen LogP contribution is -2.38. The minimum absolute atomic E-state index is 0.187. The van der Waals surface area contributed by atoms with Gasteiger partial charge in [-0.05, 0) is 61.8 Å². The molecular weight excluding hydrogens is 426 g/mol. The van der Waals surface area contributed by atoms with Gasteiger partial charge in [0.25, 0.3) is 0 Å². The highest BCUT2D eigenvalue weighted by Gasteiger charge is 2.28. The van der Waals surface area contributed by atoms with Crippen molar-refractivity contribution >= 4 is 26.9 Å². The summed E-state index contributed by atoms with van der Waals surface area (Å²) in [5.41, 5.74) is 1.89. The van der Waals surface area contributed by atoms with Crippen LogP contribution in [-0.4, -0.2) is 55.9 Å². The summed E-state index contributed by atoms with van der Waals surface area (Å²) >= 11 is 0. The molecule has 172 valence electrons.